The van der Waals surface area contributed by atoms with Crippen LogP contribution >= 0.6 is 0 Å². The van der Waals surface area contributed by atoms with E-state index >= 15 is 0 Å². The maximum atomic E-state index is 13.0. The van der Waals surface area contributed by atoms with Gasteiger partial charge in [-0.25, -0.2) is 0 Å². The first-order valence-electron chi connectivity index (χ1n) is 10.6. The van der Waals surface area contributed by atoms with Gasteiger partial charge in [0.15, 0.2) is 6.10 Å². The Hall–Kier alpha value is -3.02. The first-order valence-corrected chi connectivity index (χ1v) is 10.6. The number of hydrogen-bond acceptors (Lipinski definition) is 4. The number of fused-ring (bicyclic) bond motifs is 1. The fourth-order valence-electron chi connectivity index (χ4n) is 3.47. The largest absolute Gasteiger partial charge is 0.477 e. The zero-order valence-electron chi connectivity index (χ0n) is 18.1. The van der Waals surface area contributed by atoms with Crippen molar-refractivity contribution in [1.82, 2.24) is 5.32 Å². The van der Waals surface area contributed by atoms with E-state index in [4.69, 9.17) is 4.74 Å². The van der Waals surface area contributed by atoms with E-state index in [1.807, 2.05) is 67.3 Å². The molecule has 1 aliphatic heterocycles. The number of hydrogen-bond donors (Lipinski definition) is 2. The highest BCUT2D eigenvalue weighted by Gasteiger charge is 2.34. The number of para-hydroxylation sites is 2. The molecular formula is C24H31N3O3. The zero-order valence-corrected chi connectivity index (χ0v) is 18.1. The third-order valence-corrected chi connectivity index (χ3v) is 5.34. The van der Waals surface area contributed by atoms with Crippen LogP contribution in [0.15, 0.2) is 48.5 Å². The van der Waals surface area contributed by atoms with Crippen LogP contribution in [0.2, 0.25) is 0 Å². The average Bonchev–Trinajstić information content (AvgIpc) is 2.76. The van der Waals surface area contributed by atoms with Gasteiger partial charge < -0.3 is 20.3 Å². The summed E-state index contributed by atoms with van der Waals surface area (Å²) < 4.78 is 5.92. The number of carbonyl (C=O) groups is 2. The second-order valence-corrected chi connectivity index (χ2v) is 7.96. The van der Waals surface area contributed by atoms with Gasteiger partial charge in [0.2, 0.25) is 5.91 Å². The maximum absolute atomic E-state index is 13.0. The molecule has 1 heterocycles. The molecule has 2 amide bonds. The number of nitrogens with one attached hydrogen (secondary N) is 2. The van der Waals surface area contributed by atoms with Crippen molar-refractivity contribution in [1.29, 1.82) is 0 Å². The Labute approximate surface area is 178 Å². The van der Waals surface area contributed by atoms with Crippen LogP contribution in [-0.4, -0.2) is 37.0 Å². The van der Waals surface area contributed by atoms with Crippen molar-refractivity contribution in [2.24, 2.45) is 0 Å². The molecule has 6 nitrogen and oxygen atoms in total. The molecular weight excluding hydrogens is 378 g/mol. The van der Waals surface area contributed by atoms with Gasteiger partial charge >= 0.3 is 0 Å². The monoisotopic (exact) mass is 409 g/mol. The Kier molecular flexibility index (Phi) is 6.98. The lowest BCUT2D eigenvalue weighted by atomic mass is 10.0. The molecule has 0 bridgehead atoms. The SMILES string of the molecule is CCCNC(=O)[C@H]1CN([C@@H](C)C(=O)Nc2ccc(C(C)C)cc2)c2ccccc2O1. The van der Waals surface area contributed by atoms with Crippen molar-refractivity contribution >= 4 is 23.2 Å². The molecule has 160 valence electrons. The van der Waals surface area contributed by atoms with Gasteiger partial charge in [-0.1, -0.05) is 45.0 Å². The van der Waals surface area contributed by atoms with Crippen LogP contribution in [0.25, 0.3) is 0 Å². The van der Waals surface area contributed by atoms with E-state index in [1.54, 1.807) is 0 Å². The van der Waals surface area contributed by atoms with Crippen LogP contribution in [0.4, 0.5) is 11.4 Å². The summed E-state index contributed by atoms with van der Waals surface area (Å²) in [6, 6.07) is 15.0. The number of nitrogens with zero attached hydrogens (tertiary/aromatic N) is 1. The van der Waals surface area contributed by atoms with Crippen molar-refractivity contribution < 1.29 is 14.3 Å². The standard InChI is InChI=1S/C24H31N3O3/c1-5-14-25-24(29)22-15-27(20-8-6-7-9-21(20)30-22)17(4)23(28)26-19-12-10-18(11-13-19)16(2)3/h6-13,16-17,22H,5,14-15H2,1-4H3,(H,25,29)(H,26,28)/t17-,22+/m0/s1. The number of benzene rings is 2. The molecule has 1 aliphatic rings. The molecule has 0 fully saturated rings. The van der Waals surface area contributed by atoms with Crippen molar-refractivity contribution in [3.05, 3.63) is 54.1 Å². The minimum Gasteiger partial charge on any atom is -0.477 e. The van der Waals surface area contributed by atoms with E-state index in [9.17, 15) is 9.59 Å². The third kappa shape index (κ3) is 4.93. The number of ether oxygens (including phenoxy) is 1. The van der Waals surface area contributed by atoms with Crippen molar-refractivity contribution in [3.63, 3.8) is 0 Å². The zero-order chi connectivity index (χ0) is 21.7. The van der Waals surface area contributed by atoms with Crippen LogP contribution in [0.1, 0.15) is 45.6 Å². The Balaban J connectivity index is 1.76. The van der Waals surface area contributed by atoms with E-state index in [0.29, 0.717) is 24.8 Å². The normalized spacial score (nSPS) is 16.4. The summed E-state index contributed by atoms with van der Waals surface area (Å²) >= 11 is 0. The summed E-state index contributed by atoms with van der Waals surface area (Å²) in [4.78, 5) is 27.5. The van der Waals surface area contributed by atoms with Gasteiger partial charge in [0.05, 0.1) is 12.2 Å². The fraction of sp³-hybridized carbons (Fsp3) is 0.417. The summed E-state index contributed by atoms with van der Waals surface area (Å²) in [5, 5.41) is 5.88. The number of amides is 2. The van der Waals surface area contributed by atoms with E-state index < -0.39 is 12.1 Å². The fourth-order valence-corrected chi connectivity index (χ4v) is 3.47. The van der Waals surface area contributed by atoms with Crippen LogP contribution in [0.3, 0.4) is 0 Å². The third-order valence-electron chi connectivity index (χ3n) is 5.34. The molecule has 2 atom stereocenters. The molecule has 0 saturated carbocycles. The van der Waals surface area contributed by atoms with Crippen molar-refractivity contribution in [2.45, 2.75) is 52.2 Å². The van der Waals surface area contributed by atoms with Gasteiger partial charge in [0.25, 0.3) is 5.91 Å². The van der Waals surface area contributed by atoms with Gasteiger partial charge in [-0.15, -0.1) is 0 Å². The minimum atomic E-state index is -0.660. The summed E-state index contributed by atoms with van der Waals surface area (Å²) in [6.07, 6.45) is 0.194. The van der Waals surface area contributed by atoms with E-state index in [2.05, 4.69) is 24.5 Å². The Morgan fingerprint density at radius 3 is 2.47 bits per heavy atom. The lowest BCUT2D eigenvalue weighted by Crippen LogP contribution is -2.54. The molecule has 0 aliphatic carbocycles. The topological polar surface area (TPSA) is 70.7 Å². The summed E-state index contributed by atoms with van der Waals surface area (Å²) in [5.74, 6) is 0.764. The van der Waals surface area contributed by atoms with Gasteiger partial charge in [-0.05, 0) is 49.1 Å². The highest BCUT2D eigenvalue weighted by molar-refractivity contribution is 5.97. The average molecular weight is 410 g/mol. The van der Waals surface area contributed by atoms with Gasteiger partial charge in [0.1, 0.15) is 11.8 Å². The first-order chi connectivity index (χ1) is 14.4. The molecule has 0 aromatic heterocycles. The predicted octanol–water partition coefficient (Wildman–Crippen LogP) is 3.93. The molecule has 0 saturated heterocycles. The van der Waals surface area contributed by atoms with Gasteiger partial charge in [-0.2, -0.15) is 0 Å². The maximum Gasteiger partial charge on any atom is 0.262 e. The molecule has 0 radical (unpaired) electrons. The summed E-state index contributed by atoms with van der Waals surface area (Å²) in [6.45, 7) is 9.04. The molecule has 0 unspecified atom stereocenters. The van der Waals surface area contributed by atoms with Crippen molar-refractivity contribution in [2.75, 3.05) is 23.3 Å². The molecule has 2 aromatic rings. The molecule has 2 aromatic carbocycles. The second kappa shape index (κ2) is 9.65. The van der Waals surface area contributed by atoms with Gasteiger partial charge in [-0.3, -0.25) is 9.59 Å². The van der Waals surface area contributed by atoms with E-state index in [-0.39, 0.29) is 11.8 Å². The number of anilines is 2. The Morgan fingerprint density at radius 2 is 1.80 bits per heavy atom. The number of rotatable bonds is 7. The van der Waals surface area contributed by atoms with Crippen LogP contribution in [0, 0.1) is 0 Å². The van der Waals surface area contributed by atoms with E-state index in [1.165, 1.54) is 5.56 Å². The van der Waals surface area contributed by atoms with Crippen LogP contribution in [-0.2, 0) is 9.59 Å². The molecule has 0 spiro atoms. The van der Waals surface area contributed by atoms with E-state index in [0.717, 1.165) is 17.8 Å². The molecule has 2 N–H and O–H groups in total. The lowest BCUT2D eigenvalue weighted by molar-refractivity contribution is -0.128. The molecule has 3 rings (SSSR count). The van der Waals surface area contributed by atoms with Crippen LogP contribution < -0.4 is 20.3 Å². The quantitative estimate of drug-likeness (QED) is 0.727. The highest BCUT2D eigenvalue weighted by Crippen LogP contribution is 2.34. The summed E-state index contributed by atoms with van der Waals surface area (Å²) in [5.41, 5.74) is 2.80. The van der Waals surface area contributed by atoms with Crippen molar-refractivity contribution in [3.8, 4) is 5.75 Å². The predicted molar refractivity (Wildman–Crippen MR) is 120 cm³/mol. The number of carbonyl (C=O) groups excluding carboxylic acids is 2. The Morgan fingerprint density at radius 1 is 1.10 bits per heavy atom. The smallest absolute Gasteiger partial charge is 0.262 e. The minimum absolute atomic E-state index is 0.128. The van der Waals surface area contributed by atoms with Crippen LogP contribution in [0.5, 0.6) is 5.75 Å². The molecule has 30 heavy (non-hydrogen) atoms. The Bertz CT molecular complexity index is 880. The lowest BCUT2D eigenvalue weighted by Gasteiger charge is -2.38. The first kappa shape index (κ1) is 21.7. The molecule has 6 heteroatoms. The summed E-state index contributed by atoms with van der Waals surface area (Å²) in [7, 11) is 0. The van der Waals surface area contributed by atoms with Gasteiger partial charge in [0, 0.05) is 12.2 Å². The highest BCUT2D eigenvalue weighted by atomic mass is 16.5. The second-order valence-electron chi connectivity index (χ2n) is 7.96.